The molecule has 0 aliphatic carbocycles. The van der Waals surface area contributed by atoms with Gasteiger partial charge in [0.1, 0.15) is 6.33 Å². The molecule has 0 bridgehead atoms. The Morgan fingerprint density at radius 1 is 1.17 bits per heavy atom. The van der Waals surface area contributed by atoms with Crippen LogP contribution in [-0.4, -0.2) is 26.1 Å². The number of aromatic nitrogens is 4. The Bertz CT molecular complexity index is 501. The maximum atomic E-state index is 4.37. The van der Waals surface area contributed by atoms with Crippen molar-refractivity contribution in [3.05, 3.63) is 35.7 Å². The molecule has 5 nitrogen and oxygen atoms in total. The Balaban J connectivity index is 2.10. The van der Waals surface area contributed by atoms with E-state index in [1.807, 2.05) is 30.8 Å². The molecule has 0 fully saturated rings. The Labute approximate surface area is 107 Å². The van der Waals surface area contributed by atoms with E-state index in [0.717, 1.165) is 36.5 Å². The van der Waals surface area contributed by atoms with Crippen molar-refractivity contribution in [2.45, 2.75) is 33.7 Å². The summed E-state index contributed by atoms with van der Waals surface area (Å²) in [4.78, 5) is 13.0. The first-order valence-electron chi connectivity index (χ1n) is 6.25. The summed E-state index contributed by atoms with van der Waals surface area (Å²) in [6, 6.07) is 0. The minimum atomic E-state index is 0.673. The lowest BCUT2D eigenvalue weighted by Gasteiger charge is -2.05. The van der Waals surface area contributed by atoms with Gasteiger partial charge >= 0.3 is 0 Å². The van der Waals surface area contributed by atoms with Crippen LogP contribution in [0, 0.1) is 13.8 Å². The summed E-state index contributed by atoms with van der Waals surface area (Å²) >= 11 is 0. The van der Waals surface area contributed by atoms with Gasteiger partial charge in [0.25, 0.3) is 0 Å². The van der Waals surface area contributed by atoms with Gasteiger partial charge in [0.05, 0.1) is 5.69 Å². The van der Waals surface area contributed by atoms with E-state index in [9.17, 15) is 0 Å². The van der Waals surface area contributed by atoms with Crippen LogP contribution in [0.1, 0.15) is 30.3 Å². The van der Waals surface area contributed by atoms with E-state index in [4.69, 9.17) is 0 Å². The third-order valence-corrected chi connectivity index (χ3v) is 2.91. The fourth-order valence-electron chi connectivity index (χ4n) is 1.67. The number of aryl methyl sites for hydroxylation is 1. The van der Waals surface area contributed by atoms with E-state index in [0.29, 0.717) is 5.95 Å². The smallest absolute Gasteiger partial charge is 0.235 e. The van der Waals surface area contributed by atoms with Crippen LogP contribution in [0.4, 0.5) is 0 Å². The lowest BCUT2D eigenvalue weighted by molar-refractivity contribution is 0.670. The van der Waals surface area contributed by atoms with Crippen molar-refractivity contribution in [1.82, 2.24) is 24.8 Å². The first-order valence-corrected chi connectivity index (χ1v) is 6.25. The topological polar surface area (TPSA) is 55.6 Å². The van der Waals surface area contributed by atoms with Crippen LogP contribution in [0.5, 0.6) is 0 Å². The molecule has 0 aliphatic heterocycles. The molecule has 0 atom stereocenters. The predicted molar refractivity (Wildman–Crippen MR) is 70.6 cm³/mol. The first kappa shape index (κ1) is 12.7. The molecule has 2 aromatic heterocycles. The molecule has 0 saturated carbocycles. The number of imidazole rings is 1. The average Bonchev–Trinajstić information content (AvgIpc) is 2.72. The molecule has 1 N–H and O–H groups in total. The van der Waals surface area contributed by atoms with Gasteiger partial charge in [0.15, 0.2) is 0 Å². The van der Waals surface area contributed by atoms with Crippen LogP contribution in [0.2, 0.25) is 0 Å². The first-order chi connectivity index (χ1) is 8.72. The molecule has 96 valence electrons. The highest BCUT2D eigenvalue weighted by atomic mass is 15.2. The molecule has 0 radical (unpaired) electrons. The van der Waals surface area contributed by atoms with Crippen molar-refractivity contribution in [3.63, 3.8) is 0 Å². The molecule has 0 unspecified atom stereocenters. The Morgan fingerprint density at radius 2 is 1.89 bits per heavy atom. The third kappa shape index (κ3) is 2.73. The van der Waals surface area contributed by atoms with Crippen LogP contribution in [0.15, 0.2) is 18.7 Å². The molecule has 2 heterocycles. The van der Waals surface area contributed by atoms with Crippen LogP contribution < -0.4 is 5.32 Å². The van der Waals surface area contributed by atoms with Crippen molar-refractivity contribution in [1.29, 1.82) is 0 Å². The molecule has 0 spiro atoms. The highest BCUT2D eigenvalue weighted by Gasteiger charge is 2.06. The highest BCUT2D eigenvalue weighted by Crippen LogP contribution is 2.09. The normalized spacial score (nSPS) is 10.8. The summed E-state index contributed by atoms with van der Waals surface area (Å²) in [6.07, 6.45) is 6.61. The van der Waals surface area contributed by atoms with E-state index < -0.39 is 0 Å². The summed E-state index contributed by atoms with van der Waals surface area (Å²) < 4.78 is 1.90. The summed E-state index contributed by atoms with van der Waals surface area (Å²) in [5.74, 6) is 0.673. The lowest BCUT2D eigenvalue weighted by atomic mass is 10.3. The second-order valence-electron chi connectivity index (χ2n) is 4.35. The van der Waals surface area contributed by atoms with Crippen LogP contribution in [-0.2, 0) is 6.54 Å². The molecular weight excluding hydrogens is 226 g/mol. The van der Waals surface area contributed by atoms with Crippen molar-refractivity contribution >= 4 is 0 Å². The second kappa shape index (κ2) is 5.73. The van der Waals surface area contributed by atoms with Crippen molar-refractivity contribution in [2.75, 3.05) is 6.54 Å². The number of nitrogens with zero attached hydrogens (tertiary/aromatic N) is 4. The number of nitrogens with one attached hydrogen (secondary N) is 1. The van der Waals surface area contributed by atoms with Gasteiger partial charge in [0, 0.05) is 30.2 Å². The van der Waals surface area contributed by atoms with Crippen LogP contribution in [0.3, 0.4) is 0 Å². The van der Waals surface area contributed by atoms with Crippen molar-refractivity contribution < 1.29 is 0 Å². The van der Waals surface area contributed by atoms with E-state index in [2.05, 4.69) is 27.2 Å². The standard InChI is InChI=1S/C13H19N5/c1-4-5-14-6-12-7-15-13(16-8-12)18-9-17-10(2)11(18)3/h7-9,14H,4-6H2,1-3H3. The average molecular weight is 245 g/mol. The minimum absolute atomic E-state index is 0.673. The molecule has 0 saturated heterocycles. The molecule has 18 heavy (non-hydrogen) atoms. The van der Waals surface area contributed by atoms with Gasteiger partial charge in [-0.25, -0.2) is 15.0 Å². The van der Waals surface area contributed by atoms with Gasteiger partial charge in [-0.15, -0.1) is 0 Å². The number of hydrogen-bond donors (Lipinski definition) is 1. The lowest BCUT2D eigenvalue weighted by Crippen LogP contribution is -2.14. The summed E-state index contributed by atoms with van der Waals surface area (Å²) in [7, 11) is 0. The van der Waals surface area contributed by atoms with E-state index >= 15 is 0 Å². The summed E-state index contributed by atoms with van der Waals surface area (Å²) in [5.41, 5.74) is 3.18. The Hall–Kier alpha value is -1.75. The number of rotatable bonds is 5. The highest BCUT2D eigenvalue weighted by molar-refractivity contribution is 5.21. The zero-order chi connectivity index (χ0) is 13.0. The van der Waals surface area contributed by atoms with Gasteiger partial charge < -0.3 is 5.32 Å². The van der Waals surface area contributed by atoms with Gasteiger partial charge in [-0.1, -0.05) is 6.92 Å². The van der Waals surface area contributed by atoms with Gasteiger partial charge in [0.2, 0.25) is 5.95 Å². The molecule has 0 amide bonds. The Morgan fingerprint density at radius 3 is 2.44 bits per heavy atom. The van der Waals surface area contributed by atoms with Crippen molar-refractivity contribution in [2.24, 2.45) is 0 Å². The third-order valence-electron chi connectivity index (χ3n) is 2.91. The maximum Gasteiger partial charge on any atom is 0.235 e. The zero-order valence-corrected chi connectivity index (χ0v) is 11.1. The molecule has 0 aliphatic rings. The fraction of sp³-hybridized carbons (Fsp3) is 0.462. The predicted octanol–water partition coefficient (Wildman–Crippen LogP) is 1.78. The molecule has 2 aromatic rings. The van der Waals surface area contributed by atoms with Gasteiger partial charge in [-0.05, 0) is 26.8 Å². The molecule has 0 aromatic carbocycles. The molecular formula is C13H19N5. The fourth-order valence-corrected chi connectivity index (χ4v) is 1.67. The minimum Gasteiger partial charge on any atom is -0.313 e. The largest absolute Gasteiger partial charge is 0.313 e. The van der Waals surface area contributed by atoms with Crippen molar-refractivity contribution in [3.8, 4) is 5.95 Å². The quantitative estimate of drug-likeness (QED) is 0.816. The monoisotopic (exact) mass is 245 g/mol. The summed E-state index contributed by atoms with van der Waals surface area (Å²) in [5, 5.41) is 3.33. The Kier molecular flexibility index (Phi) is 4.04. The van der Waals surface area contributed by atoms with E-state index in [-0.39, 0.29) is 0 Å². The molecule has 2 rings (SSSR count). The zero-order valence-electron chi connectivity index (χ0n) is 11.1. The number of hydrogen-bond acceptors (Lipinski definition) is 4. The van der Waals surface area contributed by atoms with E-state index in [1.54, 1.807) is 6.33 Å². The van der Waals surface area contributed by atoms with Gasteiger partial charge in [-0.2, -0.15) is 0 Å². The molecule has 5 heteroatoms. The SMILES string of the molecule is CCCNCc1cnc(-n2cnc(C)c2C)nc1. The van der Waals surface area contributed by atoms with E-state index in [1.165, 1.54) is 0 Å². The van der Waals surface area contributed by atoms with Crippen LogP contribution >= 0.6 is 0 Å². The second-order valence-corrected chi connectivity index (χ2v) is 4.35. The van der Waals surface area contributed by atoms with Crippen LogP contribution in [0.25, 0.3) is 5.95 Å². The maximum absolute atomic E-state index is 4.37. The summed E-state index contributed by atoms with van der Waals surface area (Å²) in [6.45, 7) is 7.98. The van der Waals surface area contributed by atoms with Gasteiger partial charge in [-0.3, -0.25) is 4.57 Å².